The van der Waals surface area contributed by atoms with Gasteiger partial charge in [-0.1, -0.05) is 265 Å². The maximum absolute atomic E-state index is 12.8. The van der Waals surface area contributed by atoms with Crippen LogP contribution in [0.25, 0.3) is 0 Å². The fourth-order valence-corrected chi connectivity index (χ4v) is 9.45. The SMILES string of the molecule is CC/C=C\C/C=C\C/C=C\C/C=C\C/C=C\C/C=C\C/C=C\CCCC(=O)OC(COC(=O)CCCCCCCCCCCCCCCCCCCCC/C=C\CCCCCCCCCC)COP(=O)(O)OCC[N+](C)(C)C. The van der Waals surface area contributed by atoms with Crippen LogP contribution in [0.1, 0.15) is 271 Å². The summed E-state index contributed by atoms with van der Waals surface area (Å²) in [6.07, 6.45) is 80.9. The van der Waals surface area contributed by atoms with Crippen molar-refractivity contribution < 1.29 is 42.1 Å². The highest BCUT2D eigenvalue weighted by molar-refractivity contribution is 7.47. The largest absolute Gasteiger partial charge is 0.472 e. The van der Waals surface area contributed by atoms with Crippen molar-refractivity contribution in [3.63, 3.8) is 0 Å². The summed E-state index contributed by atoms with van der Waals surface area (Å²) >= 11 is 0. The van der Waals surface area contributed by atoms with Gasteiger partial charge < -0.3 is 18.9 Å². The summed E-state index contributed by atoms with van der Waals surface area (Å²) in [4.78, 5) is 35.7. The smallest absolute Gasteiger partial charge is 0.462 e. The van der Waals surface area contributed by atoms with Crippen molar-refractivity contribution in [1.82, 2.24) is 0 Å². The van der Waals surface area contributed by atoms with Crippen LogP contribution in [0.5, 0.6) is 0 Å². The molecule has 0 aliphatic heterocycles. The van der Waals surface area contributed by atoms with E-state index in [2.05, 4.69) is 111 Å². The Balaban J connectivity index is 4.14. The van der Waals surface area contributed by atoms with Gasteiger partial charge in [-0.05, 0) is 89.9 Å². The Labute approximate surface area is 481 Å². The van der Waals surface area contributed by atoms with Crippen LogP contribution >= 0.6 is 7.82 Å². The molecule has 0 aromatic carbocycles. The molecule has 2 unspecified atom stereocenters. The molecule has 0 spiro atoms. The zero-order chi connectivity index (χ0) is 57.0. The Bertz CT molecular complexity index is 1640. The molecule has 0 aliphatic rings. The summed E-state index contributed by atoms with van der Waals surface area (Å²) in [6, 6.07) is 0. The van der Waals surface area contributed by atoms with Crippen LogP contribution < -0.4 is 0 Å². The number of rotatable bonds is 58. The number of carbonyl (C=O) groups excluding carboxylic acids is 2. The minimum Gasteiger partial charge on any atom is -0.462 e. The fraction of sp³-hybridized carbons (Fsp3) is 0.735. The van der Waals surface area contributed by atoms with Crippen LogP contribution in [-0.2, 0) is 32.7 Å². The Morgan fingerprint density at radius 3 is 1.14 bits per heavy atom. The van der Waals surface area contributed by atoms with E-state index < -0.39 is 26.5 Å². The lowest BCUT2D eigenvalue weighted by atomic mass is 10.0. The van der Waals surface area contributed by atoms with Crippen molar-refractivity contribution in [2.24, 2.45) is 0 Å². The molecule has 0 heterocycles. The molecule has 450 valence electrons. The van der Waals surface area contributed by atoms with E-state index in [4.69, 9.17) is 18.5 Å². The molecule has 0 bridgehead atoms. The molecule has 0 aromatic rings. The van der Waals surface area contributed by atoms with E-state index in [-0.39, 0.29) is 32.0 Å². The minimum atomic E-state index is -4.41. The van der Waals surface area contributed by atoms with E-state index in [0.717, 1.165) is 64.2 Å². The predicted molar refractivity (Wildman–Crippen MR) is 335 cm³/mol. The number of likely N-dealkylation sites (N-methyl/N-ethyl adjacent to an activating group) is 1. The average molecular weight is 1110 g/mol. The summed E-state index contributed by atoms with van der Waals surface area (Å²) in [5, 5.41) is 0. The second-order valence-corrected chi connectivity index (χ2v) is 23.9. The lowest BCUT2D eigenvalue weighted by Crippen LogP contribution is -2.37. The molecule has 0 saturated heterocycles. The monoisotopic (exact) mass is 1110 g/mol. The summed E-state index contributed by atoms with van der Waals surface area (Å²) in [6.45, 7) is 4.27. The van der Waals surface area contributed by atoms with Crippen molar-refractivity contribution in [3.8, 4) is 0 Å². The van der Waals surface area contributed by atoms with Crippen molar-refractivity contribution in [1.29, 1.82) is 0 Å². The number of unbranched alkanes of at least 4 members (excludes halogenated alkanes) is 28. The van der Waals surface area contributed by atoms with Crippen molar-refractivity contribution >= 4 is 19.8 Å². The standard InChI is InChI=1S/C68H120NO8P/c1-6-8-10-12-14-16-18-20-22-24-26-28-30-31-32-33-34-35-36-37-39-40-42-44-46-48-50-52-54-56-58-60-67(70)74-64-66(65-76-78(72,73)75-63-62-69(3,4)5)77-68(71)61-59-57-55-53-51-49-47-45-43-41-38-29-27-25-23-21-19-17-15-13-11-9-7-2/h9,11,15,17,21,23-24,26-27,29,41,43,47,49,53,55,66H,6-8,10,12-14,16,18-20,22,25,28,30-40,42,44-46,48,50-52,54,56-65H2,1-5H3/p+1/b11-9-,17-15-,23-21-,26-24-,29-27-,43-41-,49-47-,55-53-. The molecular weight excluding hydrogens is 990 g/mol. The summed E-state index contributed by atoms with van der Waals surface area (Å²) in [7, 11) is 1.43. The predicted octanol–water partition coefficient (Wildman–Crippen LogP) is 20.4. The first-order valence-electron chi connectivity index (χ1n) is 32.0. The van der Waals surface area contributed by atoms with Gasteiger partial charge in [-0.25, -0.2) is 4.57 Å². The molecule has 0 amide bonds. The molecule has 10 heteroatoms. The van der Waals surface area contributed by atoms with E-state index in [0.29, 0.717) is 23.9 Å². The van der Waals surface area contributed by atoms with E-state index in [1.54, 1.807) is 0 Å². The Hall–Kier alpha value is -3.07. The van der Waals surface area contributed by atoms with Crippen LogP contribution in [0.3, 0.4) is 0 Å². The van der Waals surface area contributed by atoms with Crippen molar-refractivity contribution in [3.05, 3.63) is 97.2 Å². The Morgan fingerprint density at radius 1 is 0.410 bits per heavy atom. The lowest BCUT2D eigenvalue weighted by Gasteiger charge is -2.24. The quantitative estimate of drug-likeness (QED) is 0.0211. The molecule has 0 saturated carbocycles. The number of phosphoric ester groups is 1. The van der Waals surface area contributed by atoms with Gasteiger partial charge in [0.2, 0.25) is 0 Å². The van der Waals surface area contributed by atoms with Gasteiger partial charge in [0.15, 0.2) is 6.10 Å². The molecular formula is C68H121NO8P+. The molecule has 0 aliphatic carbocycles. The summed E-state index contributed by atoms with van der Waals surface area (Å²) < 4.78 is 34.5. The van der Waals surface area contributed by atoms with E-state index in [1.165, 1.54) is 167 Å². The normalized spacial score (nSPS) is 13.9. The van der Waals surface area contributed by atoms with Crippen LogP contribution in [0.15, 0.2) is 97.2 Å². The van der Waals surface area contributed by atoms with Crippen molar-refractivity contribution in [2.45, 2.75) is 277 Å². The molecule has 2 atom stereocenters. The van der Waals surface area contributed by atoms with Gasteiger partial charge in [-0.2, -0.15) is 0 Å². The number of ether oxygens (including phenoxy) is 2. The van der Waals surface area contributed by atoms with E-state index in [1.807, 2.05) is 21.1 Å². The molecule has 1 N–H and O–H groups in total. The van der Waals surface area contributed by atoms with E-state index >= 15 is 0 Å². The highest BCUT2D eigenvalue weighted by atomic mass is 31.2. The van der Waals surface area contributed by atoms with Crippen LogP contribution in [0.4, 0.5) is 0 Å². The number of allylic oxidation sites excluding steroid dienone is 16. The summed E-state index contributed by atoms with van der Waals surface area (Å²) in [5.41, 5.74) is 0. The maximum atomic E-state index is 12.8. The topological polar surface area (TPSA) is 108 Å². The zero-order valence-corrected chi connectivity index (χ0v) is 52.0. The first kappa shape index (κ1) is 74.9. The Morgan fingerprint density at radius 2 is 0.744 bits per heavy atom. The van der Waals surface area contributed by atoms with Gasteiger partial charge in [0.05, 0.1) is 27.7 Å². The molecule has 0 fully saturated rings. The molecule has 0 rings (SSSR count). The number of carbonyl (C=O) groups is 2. The van der Waals surface area contributed by atoms with Crippen molar-refractivity contribution in [2.75, 3.05) is 47.5 Å². The van der Waals surface area contributed by atoms with Gasteiger partial charge in [0.1, 0.15) is 19.8 Å². The fourth-order valence-electron chi connectivity index (χ4n) is 8.71. The van der Waals surface area contributed by atoms with Gasteiger partial charge in [-0.15, -0.1) is 0 Å². The number of hydrogen-bond acceptors (Lipinski definition) is 7. The highest BCUT2D eigenvalue weighted by Crippen LogP contribution is 2.43. The maximum Gasteiger partial charge on any atom is 0.472 e. The molecule has 0 radical (unpaired) electrons. The third-order valence-electron chi connectivity index (χ3n) is 13.6. The van der Waals surface area contributed by atoms with E-state index in [9.17, 15) is 19.0 Å². The van der Waals surface area contributed by atoms with Crippen LogP contribution in [0.2, 0.25) is 0 Å². The lowest BCUT2D eigenvalue weighted by molar-refractivity contribution is -0.870. The second-order valence-electron chi connectivity index (χ2n) is 22.4. The average Bonchev–Trinajstić information content (AvgIpc) is 3.40. The van der Waals surface area contributed by atoms with Gasteiger partial charge >= 0.3 is 19.8 Å². The Kier molecular flexibility index (Phi) is 56.3. The third-order valence-corrected chi connectivity index (χ3v) is 14.6. The third kappa shape index (κ3) is 62.1. The minimum absolute atomic E-state index is 0.0169. The number of phosphoric acid groups is 1. The van der Waals surface area contributed by atoms with Gasteiger partial charge in [-0.3, -0.25) is 18.6 Å². The van der Waals surface area contributed by atoms with Crippen LogP contribution in [-0.4, -0.2) is 74.9 Å². The number of nitrogens with zero attached hydrogens (tertiary/aromatic N) is 1. The highest BCUT2D eigenvalue weighted by Gasteiger charge is 2.27. The first-order valence-corrected chi connectivity index (χ1v) is 33.5. The van der Waals surface area contributed by atoms with Crippen LogP contribution in [0, 0.1) is 0 Å². The molecule has 9 nitrogen and oxygen atoms in total. The molecule has 78 heavy (non-hydrogen) atoms. The zero-order valence-electron chi connectivity index (χ0n) is 51.1. The molecule has 0 aromatic heterocycles. The number of hydrogen-bond donors (Lipinski definition) is 1. The van der Waals surface area contributed by atoms with Gasteiger partial charge in [0, 0.05) is 12.8 Å². The second kappa shape index (κ2) is 58.6. The number of esters is 2. The van der Waals surface area contributed by atoms with Gasteiger partial charge in [0.25, 0.3) is 0 Å². The summed E-state index contributed by atoms with van der Waals surface area (Å²) in [5.74, 6) is -0.864. The number of quaternary nitrogens is 1. The first-order chi connectivity index (χ1) is 38.0.